The molecule has 0 aromatic heterocycles. The third kappa shape index (κ3) is 5.82. The molecule has 0 bridgehead atoms. The number of alkyl halides is 3. The largest absolute Gasteiger partial charge is 0.416 e. The van der Waals surface area contributed by atoms with Crippen LogP contribution in [0.3, 0.4) is 0 Å². The number of sulfone groups is 1. The third-order valence-corrected chi connectivity index (χ3v) is 8.66. The maximum atomic E-state index is 13.4. The van der Waals surface area contributed by atoms with Crippen LogP contribution in [0.5, 0.6) is 0 Å². The molecule has 0 aliphatic carbocycles. The fraction of sp³-hybridized carbons (Fsp3) is 0.462. The van der Waals surface area contributed by atoms with E-state index >= 15 is 0 Å². The highest BCUT2D eigenvalue weighted by molar-refractivity contribution is 7.91. The van der Waals surface area contributed by atoms with Gasteiger partial charge >= 0.3 is 6.18 Å². The number of hydrogen-bond acceptors (Lipinski definition) is 5. The van der Waals surface area contributed by atoms with E-state index in [1.807, 2.05) is 6.92 Å². The second kappa shape index (κ2) is 10.4. The van der Waals surface area contributed by atoms with E-state index in [2.05, 4.69) is 5.32 Å². The molecule has 2 amide bonds. The summed E-state index contributed by atoms with van der Waals surface area (Å²) in [7, 11) is -3.52. The Morgan fingerprint density at radius 2 is 1.81 bits per heavy atom. The highest BCUT2D eigenvalue weighted by Crippen LogP contribution is 2.34. The number of amides is 2. The van der Waals surface area contributed by atoms with Crippen molar-refractivity contribution in [1.82, 2.24) is 10.2 Å². The zero-order valence-electron chi connectivity index (χ0n) is 20.5. The molecule has 11 heteroatoms. The molecule has 4 rings (SSSR count). The van der Waals surface area contributed by atoms with Crippen molar-refractivity contribution in [2.24, 2.45) is 11.8 Å². The molecule has 2 aromatic rings. The number of carbonyl (C=O) groups excluding carboxylic acids is 2. The number of nitrogens with one attached hydrogen (secondary N) is 1. The average Bonchev–Trinajstić information content (AvgIpc) is 3.23. The number of ether oxygens (including phenoxy) is 1. The Kier molecular flexibility index (Phi) is 7.66. The van der Waals surface area contributed by atoms with Crippen LogP contribution < -0.4 is 5.32 Å². The summed E-state index contributed by atoms with van der Waals surface area (Å²) in [6, 6.07) is 9.08. The molecule has 0 spiro atoms. The first-order valence-electron chi connectivity index (χ1n) is 12.1. The number of benzene rings is 2. The predicted molar refractivity (Wildman–Crippen MR) is 129 cm³/mol. The van der Waals surface area contributed by atoms with Crippen molar-refractivity contribution in [1.29, 1.82) is 0 Å². The lowest BCUT2D eigenvalue weighted by atomic mass is 9.90. The van der Waals surface area contributed by atoms with E-state index in [0.29, 0.717) is 31.7 Å². The monoisotopic (exact) mass is 538 g/mol. The van der Waals surface area contributed by atoms with Crippen molar-refractivity contribution in [2.75, 3.05) is 25.5 Å². The topological polar surface area (TPSA) is 92.8 Å². The molecule has 2 aliphatic heterocycles. The van der Waals surface area contributed by atoms with Gasteiger partial charge in [-0.3, -0.25) is 9.59 Å². The lowest BCUT2D eigenvalue weighted by molar-refractivity contribution is -0.137. The lowest BCUT2D eigenvalue weighted by Crippen LogP contribution is -2.50. The van der Waals surface area contributed by atoms with Gasteiger partial charge in [-0.15, -0.1) is 0 Å². The predicted octanol–water partition coefficient (Wildman–Crippen LogP) is 3.85. The van der Waals surface area contributed by atoms with Crippen LogP contribution in [0.2, 0.25) is 0 Å². The number of likely N-dealkylation sites (tertiary alicyclic amines) is 1. The Bertz CT molecular complexity index is 1260. The van der Waals surface area contributed by atoms with E-state index in [1.165, 1.54) is 48.2 Å². The summed E-state index contributed by atoms with van der Waals surface area (Å²) in [6.45, 7) is 4.47. The highest BCUT2D eigenvalue weighted by Gasteiger charge is 2.41. The molecular weight excluding hydrogens is 509 g/mol. The molecule has 2 aromatic carbocycles. The molecule has 37 heavy (non-hydrogen) atoms. The Morgan fingerprint density at radius 3 is 2.38 bits per heavy atom. The first kappa shape index (κ1) is 27.1. The molecule has 0 radical (unpaired) electrons. The van der Waals surface area contributed by atoms with Crippen LogP contribution in [0.25, 0.3) is 0 Å². The quantitative estimate of drug-likeness (QED) is 0.578. The van der Waals surface area contributed by atoms with Gasteiger partial charge in [-0.1, -0.05) is 32.0 Å². The number of carbonyl (C=O) groups is 2. The van der Waals surface area contributed by atoms with E-state index in [1.54, 1.807) is 0 Å². The summed E-state index contributed by atoms with van der Waals surface area (Å²) in [5.41, 5.74) is -0.0796. The first-order valence-corrected chi connectivity index (χ1v) is 13.7. The molecule has 0 unspecified atom stereocenters. The number of rotatable bonds is 7. The van der Waals surface area contributed by atoms with Gasteiger partial charge in [-0.2, -0.15) is 13.2 Å². The molecule has 2 saturated heterocycles. The fourth-order valence-corrected chi connectivity index (χ4v) is 5.65. The van der Waals surface area contributed by atoms with Crippen LogP contribution in [-0.2, 0) is 25.5 Å². The number of nitrogens with zero attached hydrogens (tertiary/aromatic N) is 1. The smallest absolute Gasteiger partial charge is 0.381 e. The molecule has 2 aliphatic rings. The van der Waals surface area contributed by atoms with Crippen molar-refractivity contribution in [3.05, 3.63) is 65.2 Å². The summed E-state index contributed by atoms with van der Waals surface area (Å²) in [5.74, 6) is -1.05. The second-order valence-corrected chi connectivity index (χ2v) is 11.9. The third-order valence-electron chi connectivity index (χ3n) is 6.92. The molecule has 2 fully saturated rings. The first-order chi connectivity index (χ1) is 17.4. The maximum absolute atomic E-state index is 13.4. The molecular formula is C26H29F3N2O5S. The van der Waals surface area contributed by atoms with Crippen LogP contribution >= 0.6 is 0 Å². The SMILES string of the molecule is CCS(=O)(=O)c1cccc(C(=O)N2C[C@H](C)C[C@@H]2C(=O)N[C@@H](c2ccc(C(F)(F)F)cc2)C2COC2)c1. The van der Waals surface area contributed by atoms with Crippen molar-refractivity contribution in [3.8, 4) is 0 Å². The molecule has 0 saturated carbocycles. The van der Waals surface area contributed by atoms with Crippen molar-refractivity contribution in [3.63, 3.8) is 0 Å². The Balaban J connectivity index is 1.55. The highest BCUT2D eigenvalue weighted by atomic mass is 32.2. The summed E-state index contributed by atoms with van der Waals surface area (Å²) in [6.07, 6.45) is -4.06. The Hall–Kier alpha value is -2.92. The summed E-state index contributed by atoms with van der Waals surface area (Å²) >= 11 is 0. The molecule has 2 heterocycles. The summed E-state index contributed by atoms with van der Waals surface area (Å²) in [4.78, 5) is 28.3. The van der Waals surface area contributed by atoms with Crippen molar-refractivity contribution in [2.45, 2.75) is 43.4 Å². The van der Waals surface area contributed by atoms with Gasteiger partial charge < -0.3 is 15.0 Å². The standard InChI is InChI=1S/C26H29F3N2O5S/c1-3-37(34,35)21-6-4-5-18(12-21)25(33)31-13-16(2)11-22(31)24(32)30-23(19-14-36-15-19)17-7-9-20(10-8-17)26(27,28)29/h4-10,12,16,19,22-23H,3,11,13-15H2,1-2H3,(H,30,32)/t16-,22-,23+/m1/s1. The normalized spacial score (nSPS) is 21.4. The van der Waals surface area contributed by atoms with E-state index in [9.17, 15) is 31.2 Å². The van der Waals surface area contributed by atoms with Crippen molar-refractivity contribution >= 4 is 21.7 Å². The minimum Gasteiger partial charge on any atom is -0.381 e. The lowest BCUT2D eigenvalue weighted by Gasteiger charge is -2.36. The number of hydrogen-bond donors (Lipinski definition) is 1. The molecule has 1 N–H and O–H groups in total. The van der Waals surface area contributed by atoms with Gasteiger partial charge in [0, 0.05) is 18.0 Å². The van der Waals surface area contributed by atoms with Crippen LogP contribution in [0.1, 0.15) is 47.8 Å². The van der Waals surface area contributed by atoms with E-state index in [0.717, 1.165) is 12.1 Å². The van der Waals surface area contributed by atoms with Gasteiger partial charge in [-0.25, -0.2) is 8.42 Å². The Labute approximate surface area is 213 Å². The van der Waals surface area contributed by atoms with Crippen LogP contribution in [0, 0.1) is 11.8 Å². The van der Waals surface area contributed by atoms with Gasteiger partial charge in [0.2, 0.25) is 5.91 Å². The van der Waals surface area contributed by atoms with Gasteiger partial charge in [0.25, 0.3) is 5.91 Å². The molecule has 7 nitrogen and oxygen atoms in total. The van der Waals surface area contributed by atoms with Crippen molar-refractivity contribution < 1.29 is 35.9 Å². The summed E-state index contributed by atoms with van der Waals surface area (Å²) in [5, 5.41) is 2.95. The second-order valence-electron chi connectivity index (χ2n) is 9.65. The van der Waals surface area contributed by atoms with E-state index in [-0.39, 0.29) is 28.0 Å². The minimum absolute atomic E-state index is 0.0267. The molecule has 3 atom stereocenters. The van der Waals surface area contributed by atoms with E-state index in [4.69, 9.17) is 4.74 Å². The van der Waals surface area contributed by atoms with Crippen LogP contribution in [0.4, 0.5) is 13.2 Å². The van der Waals surface area contributed by atoms with Gasteiger partial charge in [0.1, 0.15) is 6.04 Å². The fourth-order valence-electron chi connectivity index (χ4n) is 4.72. The van der Waals surface area contributed by atoms with Gasteiger partial charge in [0.05, 0.1) is 35.5 Å². The summed E-state index contributed by atoms with van der Waals surface area (Å²) < 4.78 is 68.9. The zero-order valence-corrected chi connectivity index (χ0v) is 21.3. The zero-order chi connectivity index (χ0) is 27.0. The minimum atomic E-state index is -4.47. The van der Waals surface area contributed by atoms with Gasteiger partial charge in [-0.05, 0) is 48.2 Å². The van der Waals surface area contributed by atoms with Gasteiger partial charge in [0.15, 0.2) is 9.84 Å². The maximum Gasteiger partial charge on any atom is 0.416 e. The van der Waals surface area contributed by atoms with E-state index < -0.39 is 45.5 Å². The Morgan fingerprint density at radius 1 is 1.14 bits per heavy atom. The van der Waals surface area contributed by atoms with Crippen LogP contribution in [0.15, 0.2) is 53.4 Å². The molecule has 200 valence electrons. The number of halogens is 3. The van der Waals surface area contributed by atoms with Crippen LogP contribution in [-0.4, -0.2) is 56.7 Å². The average molecular weight is 539 g/mol.